The van der Waals surface area contributed by atoms with E-state index in [1.807, 2.05) is 7.05 Å². The van der Waals surface area contributed by atoms with Crippen LogP contribution in [0.1, 0.15) is 58.8 Å². The van der Waals surface area contributed by atoms with Gasteiger partial charge >= 0.3 is 0 Å². The van der Waals surface area contributed by atoms with Gasteiger partial charge in [0, 0.05) is 19.0 Å². The molecule has 0 unspecified atom stereocenters. The van der Waals surface area contributed by atoms with Crippen LogP contribution in [0.25, 0.3) is 0 Å². The number of hydrogen-bond donors (Lipinski definition) is 1. The average molecular weight is 254 g/mol. The molecule has 1 fully saturated rings. The van der Waals surface area contributed by atoms with Crippen molar-refractivity contribution in [3.63, 3.8) is 0 Å². The van der Waals surface area contributed by atoms with Gasteiger partial charge in [-0.25, -0.2) is 0 Å². The third-order valence-corrected chi connectivity index (χ3v) is 3.85. The van der Waals surface area contributed by atoms with Crippen molar-refractivity contribution < 1.29 is 4.79 Å². The Balaban J connectivity index is 2.44. The maximum Gasteiger partial charge on any atom is 0.222 e. The lowest BCUT2D eigenvalue weighted by atomic mass is 10.1. The summed E-state index contributed by atoms with van der Waals surface area (Å²) >= 11 is 0. The molecule has 0 heterocycles. The number of amides is 1. The van der Waals surface area contributed by atoms with Crippen molar-refractivity contribution in [3.8, 4) is 0 Å². The molecule has 3 heteroatoms. The predicted octanol–water partition coefficient (Wildman–Crippen LogP) is 2.80. The lowest BCUT2D eigenvalue weighted by Gasteiger charge is -2.30. The Morgan fingerprint density at radius 2 is 2.00 bits per heavy atom. The van der Waals surface area contributed by atoms with Gasteiger partial charge < -0.3 is 10.2 Å². The van der Waals surface area contributed by atoms with Gasteiger partial charge in [-0.05, 0) is 45.2 Å². The second-order valence-corrected chi connectivity index (χ2v) is 5.92. The molecule has 0 radical (unpaired) electrons. The second kappa shape index (κ2) is 8.52. The Hall–Kier alpha value is -0.570. The Labute approximate surface area is 112 Å². The summed E-state index contributed by atoms with van der Waals surface area (Å²) in [6.45, 7) is 6.37. The standard InChI is InChI=1S/C15H30N2O/c1-13(2)10-12-17(14-7-4-5-8-14)15(18)9-6-11-16-3/h13-14,16H,4-12H2,1-3H3. The molecule has 1 N–H and O–H groups in total. The first-order chi connectivity index (χ1) is 8.65. The third-order valence-electron chi connectivity index (χ3n) is 3.85. The highest BCUT2D eigenvalue weighted by Crippen LogP contribution is 2.25. The van der Waals surface area contributed by atoms with Gasteiger partial charge in [0.05, 0.1) is 0 Å². The first kappa shape index (κ1) is 15.5. The van der Waals surface area contributed by atoms with E-state index in [-0.39, 0.29) is 0 Å². The predicted molar refractivity (Wildman–Crippen MR) is 76.6 cm³/mol. The number of carbonyl (C=O) groups is 1. The van der Waals surface area contributed by atoms with Crippen LogP contribution in [0.2, 0.25) is 0 Å². The van der Waals surface area contributed by atoms with Crippen LogP contribution in [-0.4, -0.2) is 37.0 Å². The van der Waals surface area contributed by atoms with Gasteiger partial charge in [0.2, 0.25) is 5.91 Å². The zero-order chi connectivity index (χ0) is 13.4. The van der Waals surface area contributed by atoms with Crippen molar-refractivity contribution in [1.82, 2.24) is 10.2 Å². The lowest BCUT2D eigenvalue weighted by Crippen LogP contribution is -2.40. The molecule has 3 nitrogen and oxygen atoms in total. The number of nitrogens with one attached hydrogen (secondary N) is 1. The first-order valence-corrected chi connectivity index (χ1v) is 7.59. The van der Waals surface area contributed by atoms with Crippen LogP contribution in [-0.2, 0) is 4.79 Å². The molecule has 106 valence electrons. The summed E-state index contributed by atoms with van der Waals surface area (Å²) in [5, 5.41) is 3.11. The molecule has 0 aromatic carbocycles. The quantitative estimate of drug-likeness (QED) is 0.676. The Bertz CT molecular complexity index is 235. The molecule has 0 aromatic heterocycles. The van der Waals surface area contributed by atoms with Crippen LogP contribution in [0.5, 0.6) is 0 Å². The maximum absolute atomic E-state index is 12.3. The van der Waals surface area contributed by atoms with Crippen molar-refractivity contribution in [2.45, 2.75) is 64.8 Å². The fraction of sp³-hybridized carbons (Fsp3) is 0.933. The first-order valence-electron chi connectivity index (χ1n) is 7.59. The normalized spacial score (nSPS) is 16.4. The molecule has 1 amide bonds. The molecular formula is C15H30N2O. The van der Waals surface area contributed by atoms with Crippen LogP contribution in [0.15, 0.2) is 0 Å². The summed E-state index contributed by atoms with van der Waals surface area (Å²) in [5.41, 5.74) is 0. The van der Waals surface area contributed by atoms with Gasteiger partial charge in [-0.2, -0.15) is 0 Å². The number of nitrogens with zero attached hydrogens (tertiary/aromatic N) is 1. The van der Waals surface area contributed by atoms with Crippen LogP contribution in [0.4, 0.5) is 0 Å². The molecule has 18 heavy (non-hydrogen) atoms. The van der Waals surface area contributed by atoms with E-state index in [1.54, 1.807) is 0 Å². The van der Waals surface area contributed by atoms with E-state index in [0.717, 1.165) is 25.9 Å². The lowest BCUT2D eigenvalue weighted by molar-refractivity contribution is -0.133. The van der Waals surface area contributed by atoms with Gasteiger partial charge in [0.15, 0.2) is 0 Å². The van der Waals surface area contributed by atoms with Crippen molar-refractivity contribution >= 4 is 5.91 Å². The molecule has 0 bridgehead atoms. The van der Waals surface area contributed by atoms with Crippen LogP contribution >= 0.6 is 0 Å². The SMILES string of the molecule is CNCCCC(=O)N(CCC(C)C)C1CCCC1. The molecule has 0 aromatic rings. The maximum atomic E-state index is 12.3. The van der Waals surface area contributed by atoms with Gasteiger partial charge in [0.1, 0.15) is 0 Å². The molecule has 0 aliphatic heterocycles. The fourth-order valence-electron chi connectivity index (χ4n) is 2.68. The smallest absolute Gasteiger partial charge is 0.222 e. The highest BCUT2D eigenvalue weighted by molar-refractivity contribution is 5.76. The van der Waals surface area contributed by atoms with Gasteiger partial charge in [0.25, 0.3) is 0 Å². The molecule has 0 atom stereocenters. The van der Waals surface area contributed by atoms with Crippen molar-refractivity contribution in [2.24, 2.45) is 5.92 Å². The van der Waals surface area contributed by atoms with Crippen LogP contribution in [0.3, 0.4) is 0 Å². The Morgan fingerprint density at radius 1 is 1.33 bits per heavy atom. The summed E-state index contributed by atoms with van der Waals surface area (Å²) in [6.07, 6.45) is 7.83. The number of rotatable bonds is 8. The third kappa shape index (κ3) is 5.38. The van der Waals surface area contributed by atoms with Crippen molar-refractivity contribution in [3.05, 3.63) is 0 Å². The Kier molecular flexibility index (Phi) is 7.33. The van der Waals surface area contributed by atoms with E-state index < -0.39 is 0 Å². The van der Waals surface area contributed by atoms with Gasteiger partial charge in [-0.15, -0.1) is 0 Å². The topological polar surface area (TPSA) is 32.3 Å². The second-order valence-electron chi connectivity index (χ2n) is 5.92. The molecule has 1 aliphatic carbocycles. The minimum Gasteiger partial charge on any atom is -0.340 e. The fourth-order valence-corrected chi connectivity index (χ4v) is 2.68. The van der Waals surface area contributed by atoms with E-state index in [1.165, 1.54) is 25.7 Å². The average Bonchev–Trinajstić information content (AvgIpc) is 2.83. The largest absolute Gasteiger partial charge is 0.340 e. The van der Waals surface area contributed by atoms with E-state index in [0.29, 0.717) is 24.3 Å². The highest BCUT2D eigenvalue weighted by Gasteiger charge is 2.25. The Morgan fingerprint density at radius 3 is 2.56 bits per heavy atom. The zero-order valence-electron chi connectivity index (χ0n) is 12.4. The van der Waals surface area contributed by atoms with Gasteiger partial charge in [-0.1, -0.05) is 26.7 Å². The summed E-state index contributed by atoms with van der Waals surface area (Å²) in [5.74, 6) is 1.05. The van der Waals surface area contributed by atoms with Crippen molar-refractivity contribution in [2.75, 3.05) is 20.1 Å². The number of carbonyl (C=O) groups excluding carboxylic acids is 1. The molecule has 1 rings (SSSR count). The van der Waals surface area contributed by atoms with E-state index >= 15 is 0 Å². The van der Waals surface area contributed by atoms with E-state index in [2.05, 4.69) is 24.1 Å². The van der Waals surface area contributed by atoms with E-state index in [9.17, 15) is 4.79 Å². The van der Waals surface area contributed by atoms with Crippen molar-refractivity contribution in [1.29, 1.82) is 0 Å². The molecular weight excluding hydrogens is 224 g/mol. The minimum atomic E-state index is 0.373. The summed E-state index contributed by atoms with van der Waals surface area (Å²) in [6, 6.07) is 0.533. The molecule has 0 spiro atoms. The van der Waals surface area contributed by atoms with E-state index in [4.69, 9.17) is 0 Å². The zero-order valence-corrected chi connectivity index (χ0v) is 12.4. The molecule has 1 saturated carbocycles. The summed E-state index contributed by atoms with van der Waals surface area (Å²) in [7, 11) is 1.94. The number of hydrogen-bond acceptors (Lipinski definition) is 2. The molecule has 0 saturated heterocycles. The molecule has 1 aliphatic rings. The highest BCUT2D eigenvalue weighted by atomic mass is 16.2. The van der Waals surface area contributed by atoms with Crippen LogP contribution < -0.4 is 5.32 Å². The van der Waals surface area contributed by atoms with Gasteiger partial charge in [-0.3, -0.25) is 4.79 Å². The monoisotopic (exact) mass is 254 g/mol. The van der Waals surface area contributed by atoms with Crippen LogP contribution in [0, 0.1) is 5.92 Å². The summed E-state index contributed by atoms with van der Waals surface area (Å²) < 4.78 is 0. The summed E-state index contributed by atoms with van der Waals surface area (Å²) in [4.78, 5) is 14.5. The minimum absolute atomic E-state index is 0.373.